The van der Waals surface area contributed by atoms with Gasteiger partial charge in [0, 0.05) is 13.6 Å². The maximum atomic E-state index is 12.5. The van der Waals surface area contributed by atoms with Crippen LogP contribution in [0.5, 0.6) is 6.01 Å². The van der Waals surface area contributed by atoms with Gasteiger partial charge in [0.25, 0.3) is 6.10 Å². The number of hydrogen-bond acceptors (Lipinski definition) is 6. The van der Waals surface area contributed by atoms with Crippen LogP contribution in [0.3, 0.4) is 0 Å². The van der Waals surface area contributed by atoms with Gasteiger partial charge in [-0.1, -0.05) is 13.8 Å². The lowest BCUT2D eigenvalue weighted by Gasteiger charge is -2.23. The lowest BCUT2D eigenvalue weighted by molar-refractivity contribution is -0.301. The summed E-state index contributed by atoms with van der Waals surface area (Å²) in [7, 11) is 1.34. The van der Waals surface area contributed by atoms with Crippen LogP contribution in [-0.2, 0) is 0 Å². The summed E-state index contributed by atoms with van der Waals surface area (Å²) in [6.45, 7) is 4.04. The van der Waals surface area contributed by atoms with E-state index in [0.717, 1.165) is 0 Å². The molecule has 23 heavy (non-hydrogen) atoms. The molecule has 1 aromatic heterocycles. The summed E-state index contributed by atoms with van der Waals surface area (Å²) in [4.78, 5) is 10.5. The Morgan fingerprint density at radius 3 is 1.91 bits per heavy atom. The van der Waals surface area contributed by atoms with Crippen LogP contribution in [0, 0.1) is 5.92 Å². The van der Waals surface area contributed by atoms with Gasteiger partial charge in [-0.25, -0.2) is 0 Å². The molecule has 0 saturated carbocycles. The first-order valence-corrected chi connectivity index (χ1v) is 6.41. The predicted octanol–water partition coefficient (Wildman–Crippen LogP) is 2.85. The number of nitrogens with one attached hydrogen (secondary N) is 2. The number of ether oxygens (including phenoxy) is 1. The first-order chi connectivity index (χ1) is 10.4. The Morgan fingerprint density at radius 1 is 0.957 bits per heavy atom. The lowest BCUT2D eigenvalue weighted by atomic mass is 10.2. The van der Waals surface area contributed by atoms with Gasteiger partial charge >= 0.3 is 18.4 Å². The highest BCUT2D eigenvalue weighted by Crippen LogP contribution is 2.35. The normalized spacial score (nSPS) is 12.7. The van der Waals surface area contributed by atoms with Crippen molar-refractivity contribution in [2.75, 3.05) is 24.2 Å². The molecule has 0 radical (unpaired) electrons. The molecule has 0 fully saturated rings. The molecule has 0 spiro atoms. The molecule has 132 valence electrons. The number of alkyl halides is 6. The number of halogens is 6. The van der Waals surface area contributed by atoms with E-state index in [4.69, 9.17) is 0 Å². The maximum Gasteiger partial charge on any atom is 0.434 e. The SMILES string of the molecule is CNc1nc(NCC(C)C)nc(OC(C(F)(F)F)C(F)(F)F)n1. The van der Waals surface area contributed by atoms with E-state index < -0.39 is 24.5 Å². The topological polar surface area (TPSA) is 72.0 Å². The first-order valence-electron chi connectivity index (χ1n) is 6.41. The number of rotatable bonds is 6. The lowest BCUT2D eigenvalue weighted by Crippen LogP contribution is -2.47. The molecular formula is C11H15F6N5O. The van der Waals surface area contributed by atoms with Gasteiger partial charge in [-0.3, -0.25) is 0 Å². The van der Waals surface area contributed by atoms with E-state index in [9.17, 15) is 26.3 Å². The van der Waals surface area contributed by atoms with E-state index in [0.29, 0.717) is 6.54 Å². The Labute approximate surface area is 127 Å². The van der Waals surface area contributed by atoms with Crippen molar-refractivity contribution in [3.63, 3.8) is 0 Å². The molecule has 0 bridgehead atoms. The van der Waals surface area contributed by atoms with E-state index in [2.05, 4.69) is 30.3 Å². The van der Waals surface area contributed by atoms with Crippen LogP contribution in [-0.4, -0.2) is 47.0 Å². The predicted molar refractivity (Wildman–Crippen MR) is 69.2 cm³/mol. The van der Waals surface area contributed by atoms with Crippen LogP contribution >= 0.6 is 0 Å². The van der Waals surface area contributed by atoms with Crippen molar-refractivity contribution in [1.29, 1.82) is 0 Å². The van der Waals surface area contributed by atoms with Crippen LogP contribution in [0.15, 0.2) is 0 Å². The van der Waals surface area contributed by atoms with Gasteiger partial charge < -0.3 is 15.4 Å². The zero-order chi connectivity index (χ0) is 17.8. The zero-order valence-corrected chi connectivity index (χ0v) is 12.4. The highest BCUT2D eigenvalue weighted by Gasteiger charge is 2.59. The Morgan fingerprint density at radius 2 is 1.48 bits per heavy atom. The summed E-state index contributed by atoms with van der Waals surface area (Å²) in [5.74, 6) is -0.284. The fourth-order valence-corrected chi connectivity index (χ4v) is 1.32. The Balaban J connectivity index is 3.07. The van der Waals surface area contributed by atoms with E-state index in [1.165, 1.54) is 7.05 Å². The molecule has 0 aliphatic rings. The molecule has 0 aliphatic heterocycles. The summed E-state index contributed by atoms with van der Waals surface area (Å²) in [6, 6.07) is -1.09. The van der Waals surface area contributed by atoms with E-state index in [1.807, 2.05) is 13.8 Å². The Kier molecular flexibility index (Phi) is 5.83. The second-order valence-corrected chi connectivity index (χ2v) is 4.87. The van der Waals surface area contributed by atoms with Crippen molar-refractivity contribution in [3.8, 4) is 6.01 Å². The molecule has 2 N–H and O–H groups in total. The van der Waals surface area contributed by atoms with Crippen LogP contribution in [0.25, 0.3) is 0 Å². The summed E-state index contributed by atoms with van der Waals surface area (Å²) >= 11 is 0. The molecule has 0 saturated heterocycles. The van der Waals surface area contributed by atoms with E-state index in [-0.39, 0.29) is 17.8 Å². The number of nitrogens with zero attached hydrogens (tertiary/aromatic N) is 3. The molecule has 0 unspecified atom stereocenters. The molecular weight excluding hydrogens is 332 g/mol. The minimum Gasteiger partial charge on any atom is -0.440 e. The number of aromatic nitrogens is 3. The summed E-state index contributed by atoms with van der Waals surface area (Å²) < 4.78 is 78.9. The largest absolute Gasteiger partial charge is 0.440 e. The van der Waals surface area contributed by atoms with Crippen molar-refractivity contribution in [2.45, 2.75) is 32.3 Å². The highest BCUT2D eigenvalue weighted by atomic mass is 19.4. The molecule has 0 aromatic carbocycles. The first kappa shape index (κ1) is 19.0. The van der Waals surface area contributed by atoms with Gasteiger partial charge in [-0.15, -0.1) is 0 Å². The second kappa shape index (κ2) is 7.04. The molecule has 0 amide bonds. The van der Waals surface area contributed by atoms with Crippen LogP contribution in [0.2, 0.25) is 0 Å². The molecule has 0 atom stereocenters. The molecule has 0 aliphatic carbocycles. The maximum absolute atomic E-state index is 12.5. The van der Waals surface area contributed by atoms with Gasteiger partial charge in [-0.2, -0.15) is 41.3 Å². The third-order valence-electron chi connectivity index (χ3n) is 2.32. The van der Waals surface area contributed by atoms with Crippen molar-refractivity contribution < 1.29 is 31.1 Å². The minimum absolute atomic E-state index is 0.146. The molecule has 1 heterocycles. The van der Waals surface area contributed by atoms with Crippen molar-refractivity contribution in [3.05, 3.63) is 0 Å². The summed E-state index contributed by atoms with van der Waals surface area (Å²) in [5, 5.41) is 5.07. The fraction of sp³-hybridized carbons (Fsp3) is 0.727. The zero-order valence-electron chi connectivity index (χ0n) is 12.4. The number of anilines is 2. The van der Waals surface area contributed by atoms with Crippen molar-refractivity contribution >= 4 is 11.9 Å². The van der Waals surface area contributed by atoms with Gasteiger partial charge in [-0.05, 0) is 5.92 Å². The van der Waals surface area contributed by atoms with Gasteiger partial charge in [0.05, 0.1) is 0 Å². The molecule has 1 rings (SSSR count). The monoisotopic (exact) mass is 347 g/mol. The summed E-state index contributed by atoms with van der Waals surface area (Å²) in [5.41, 5.74) is 0. The Hall–Kier alpha value is -2.01. The Bertz CT molecular complexity index is 505. The van der Waals surface area contributed by atoms with Crippen molar-refractivity contribution in [1.82, 2.24) is 15.0 Å². The summed E-state index contributed by atoms with van der Waals surface area (Å²) in [6.07, 6.45) is -15.3. The van der Waals surface area contributed by atoms with Crippen LogP contribution in [0.4, 0.5) is 38.2 Å². The average molecular weight is 347 g/mol. The quantitative estimate of drug-likeness (QED) is 0.771. The van der Waals surface area contributed by atoms with Crippen molar-refractivity contribution in [2.24, 2.45) is 5.92 Å². The minimum atomic E-state index is -5.66. The van der Waals surface area contributed by atoms with Crippen LogP contribution < -0.4 is 15.4 Å². The standard InChI is InChI=1S/C11H15F6N5O/c1-5(2)4-19-8-20-7(18-3)21-9(22-8)23-6(10(12,13)14)11(15,16)17/h5-6H,4H2,1-3H3,(H2,18,19,20,21,22). The molecule has 6 nitrogen and oxygen atoms in total. The van der Waals surface area contributed by atoms with E-state index in [1.54, 1.807) is 0 Å². The average Bonchev–Trinajstić information content (AvgIpc) is 2.39. The van der Waals surface area contributed by atoms with E-state index >= 15 is 0 Å². The fourth-order valence-electron chi connectivity index (χ4n) is 1.32. The highest BCUT2D eigenvalue weighted by molar-refractivity contribution is 5.35. The van der Waals surface area contributed by atoms with Gasteiger partial charge in [0.1, 0.15) is 0 Å². The second-order valence-electron chi connectivity index (χ2n) is 4.87. The molecule has 12 heteroatoms. The molecule has 1 aromatic rings. The van der Waals surface area contributed by atoms with Crippen LogP contribution in [0.1, 0.15) is 13.8 Å². The van der Waals surface area contributed by atoms with Gasteiger partial charge in [0.2, 0.25) is 11.9 Å². The third-order valence-corrected chi connectivity index (χ3v) is 2.32. The number of hydrogen-bond donors (Lipinski definition) is 2. The third kappa shape index (κ3) is 5.94. The van der Waals surface area contributed by atoms with Gasteiger partial charge in [0.15, 0.2) is 0 Å². The smallest absolute Gasteiger partial charge is 0.434 e.